The zero-order chi connectivity index (χ0) is 14.7. The molecule has 1 atom stereocenters. The summed E-state index contributed by atoms with van der Waals surface area (Å²) in [4.78, 5) is 25.2. The highest BCUT2D eigenvalue weighted by molar-refractivity contribution is 7.16. The largest absolute Gasteiger partial charge is 0.462 e. The molecule has 20 heavy (non-hydrogen) atoms. The van der Waals surface area contributed by atoms with E-state index in [1.807, 2.05) is 19.9 Å². The summed E-state index contributed by atoms with van der Waals surface area (Å²) >= 11 is 1.46. The van der Waals surface area contributed by atoms with Crippen LogP contribution in [0.1, 0.15) is 48.8 Å². The maximum absolute atomic E-state index is 12.2. The van der Waals surface area contributed by atoms with Crippen LogP contribution in [0.15, 0.2) is 6.07 Å². The Balaban J connectivity index is 2.14. The summed E-state index contributed by atoms with van der Waals surface area (Å²) < 4.78 is 5.04. The van der Waals surface area contributed by atoms with Crippen LogP contribution in [0.3, 0.4) is 0 Å². The quantitative estimate of drug-likeness (QED) is 0.818. The lowest BCUT2D eigenvalue weighted by molar-refractivity contribution is -0.119. The molecule has 0 radical (unpaired) electrons. The van der Waals surface area contributed by atoms with Crippen LogP contribution in [0.4, 0.5) is 5.00 Å². The smallest absolute Gasteiger partial charge is 0.341 e. The average molecular weight is 295 g/mol. The molecule has 1 aromatic rings. The van der Waals surface area contributed by atoms with Gasteiger partial charge in [-0.3, -0.25) is 4.79 Å². The SMILES string of the molecule is CCOC(=O)c1cc(CC)sc1NC(=O)C(C)C1CC1. The van der Waals surface area contributed by atoms with E-state index < -0.39 is 0 Å². The summed E-state index contributed by atoms with van der Waals surface area (Å²) in [6.45, 7) is 6.09. The monoisotopic (exact) mass is 295 g/mol. The van der Waals surface area contributed by atoms with Crippen molar-refractivity contribution in [3.05, 3.63) is 16.5 Å². The Morgan fingerprint density at radius 2 is 2.15 bits per heavy atom. The summed E-state index contributed by atoms with van der Waals surface area (Å²) in [5.74, 6) is 0.157. The van der Waals surface area contributed by atoms with Gasteiger partial charge in [-0.1, -0.05) is 13.8 Å². The van der Waals surface area contributed by atoms with E-state index in [2.05, 4.69) is 5.32 Å². The summed E-state index contributed by atoms with van der Waals surface area (Å²) in [6, 6.07) is 1.82. The van der Waals surface area contributed by atoms with Gasteiger partial charge in [-0.25, -0.2) is 4.79 Å². The fourth-order valence-electron chi connectivity index (χ4n) is 2.11. The molecule has 4 nitrogen and oxygen atoms in total. The van der Waals surface area contributed by atoms with E-state index in [9.17, 15) is 9.59 Å². The molecule has 1 aliphatic rings. The van der Waals surface area contributed by atoms with Crippen molar-refractivity contribution in [3.63, 3.8) is 0 Å². The van der Waals surface area contributed by atoms with E-state index in [1.165, 1.54) is 11.3 Å². The Morgan fingerprint density at radius 1 is 1.45 bits per heavy atom. The first-order chi connectivity index (χ1) is 9.56. The average Bonchev–Trinajstić information content (AvgIpc) is 3.19. The predicted octanol–water partition coefficient (Wildman–Crippen LogP) is 3.47. The fraction of sp³-hybridized carbons (Fsp3) is 0.600. The van der Waals surface area contributed by atoms with E-state index in [0.717, 1.165) is 24.1 Å². The first-order valence-corrected chi connectivity index (χ1v) is 7.99. The molecule has 0 spiro atoms. The molecule has 1 unspecified atom stereocenters. The van der Waals surface area contributed by atoms with Gasteiger partial charge in [0.1, 0.15) is 5.00 Å². The highest BCUT2D eigenvalue weighted by atomic mass is 32.1. The van der Waals surface area contributed by atoms with Crippen LogP contribution in [0.2, 0.25) is 0 Å². The standard InChI is InChI=1S/C15H21NO3S/c1-4-11-8-12(15(18)19-5-2)14(20-11)16-13(17)9(3)10-6-7-10/h8-10H,4-7H2,1-3H3,(H,16,17). The van der Waals surface area contributed by atoms with Crippen molar-refractivity contribution < 1.29 is 14.3 Å². The summed E-state index contributed by atoms with van der Waals surface area (Å²) in [6.07, 6.45) is 3.10. The van der Waals surface area contributed by atoms with Gasteiger partial charge in [0.25, 0.3) is 0 Å². The van der Waals surface area contributed by atoms with Crippen molar-refractivity contribution in [1.82, 2.24) is 0 Å². The van der Waals surface area contributed by atoms with Gasteiger partial charge in [0.15, 0.2) is 0 Å². The molecule has 1 saturated carbocycles. The van der Waals surface area contributed by atoms with Crippen molar-refractivity contribution in [2.24, 2.45) is 11.8 Å². The first-order valence-electron chi connectivity index (χ1n) is 7.17. The number of thiophene rings is 1. The van der Waals surface area contributed by atoms with Gasteiger partial charge in [0.05, 0.1) is 12.2 Å². The Morgan fingerprint density at radius 3 is 2.70 bits per heavy atom. The zero-order valence-corrected chi connectivity index (χ0v) is 13.0. The van der Waals surface area contributed by atoms with E-state index in [-0.39, 0.29) is 17.8 Å². The van der Waals surface area contributed by atoms with E-state index in [1.54, 1.807) is 6.92 Å². The third kappa shape index (κ3) is 3.39. The minimum Gasteiger partial charge on any atom is -0.462 e. The van der Waals surface area contributed by atoms with Crippen molar-refractivity contribution in [2.75, 3.05) is 11.9 Å². The van der Waals surface area contributed by atoms with Crippen molar-refractivity contribution in [3.8, 4) is 0 Å². The summed E-state index contributed by atoms with van der Waals surface area (Å²) in [7, 11) is 0. The Labute approximate surface area is 123 Å². The van der Waals surface area contributed by atoms with Crippen LogP contribution in [0.5, 0.6) is 0 Å². The molecule has 1 fully saturated rings. The van der Waals surface area contributed by atoms with Gasteiger partial charge in [0.2, 0.25) is 5.91 Å². The number of hydrogen-bond donors (Lipinski definition) is 1. The number of anilines is 1. The van der Waals surface area contributed by atoms with E-state index in [0.29, 0.717) is 23.1 Å². The molecule has 0 aliphatic heterocycles. The Hall–Kier alpha value is -1.36. The molecule has 1 aliphatic carbocycles. The van der Waals surface area contributed by atoms with Crippen LogP contribution >= 0.6 is 11.3 Å². The number of carbonyl (C=O) groups excluding carboxylic acids is 2. The lowest BCUT2D eigenvalue weighted by atomic mass is 10.1. The highest BCUT2D eigenvalue weighted by Crippen LogP contribution is 2.38. The second-order valence-corrected chi connectivity index (χ2v) is 6.28. The molecule has 1 N–H and O–H groups in total. The van der Waals surface area contributed by atoms with Crippen molar-refractivity contribution >= 4 is 28.2 Å². The predicted molar refractivity (Wildman–Crippen MR) is 80.2 cm³/mol. The third-order valence-electron chi connectivity index (χ3n) is 3.61. The van der Waals surface area contributed by atoms with Gasteiger partial charge in [-0.05, 0) is 38.2 Å². The minimum absolute atomic E-state index is 0.00236. The molecular formula is C15H21NO3S. The number of rotatable bonds is 6. The number of aryl methyl sites for hydroxylation is 1. The Kier molecular flexibility index (Phi) is 4.81. The number of hydrogen-bond acceptors (Lipinski definition) is 4. The number of amides is 1. The van der Waals surface area contributed by atoms with Crippen LogP contribution in [-0.4, -0.2) is 18.5 Å². The van der Waals surface area contributed by atoms with Gasteiger partial charge < -0.3 is 10.1 Å². The highest BCUT2D eigenvalue weighted by Gasteiger charge is 2.33. The van der Waals surface area contributed by atoms with Crippen LogP contribution in [0.25, 0.3) is 0 Å². The number of carbonyl (C=O) groups is 2. The van der Waals surface area contributed by atoms with Gasteiger partial charge >= 0.3 is 5.97 Å². The zero-order valence-electron chi connectivity index (χ0n) is 12.2. The number of esters is 1. The van der Waals surface area contributed by atoms with Crippen LogP contribution in [-0.2, 0) is 16.0 Å². The Bertz CT molecular complexity index is 505. The topological polar surface area (TPSA) is 55.4 Å². The van der Waals surface area contributed by atoms with E-state index >= 15 is 0 Å². The third-order valence-corrected chi connectivity index (χ3v) is 4.80. The molecule has 1 heterocycles. The molecule has 1 aromatic heterocycles. The molecule has 0 saturated heterocycles. The molecular weight excluding hydrogens is 274 g/mol. The fourth-order valence-corrected chi connectivity index (χ4v) is 3.09. The van der Waals surface area contributed by atoms with Gasteiger partial charge in [-0.15, -0.1) is 11.3 Å². The number of nitrogens with one attached hydrogen (secondary N) is 1. The van der Waals surface area contributed by atoms with Crippen molar-refractivity contribution in [2.45, 2.75) is 40.0 Å². The second kappa shape index (κ2) is 6.39. The maximum Gasteiger partial charge on any atom is 0.341 e. The molecule has 5 heteroatoms. The van der Waals surface area contributed by atoms with Crippen molar-refractivity contribution in [1.29, 1.82) is 0 Å². The summed E-state index contributed by atoms with van der Waals surface area (Å²) in [5.41, 5.74) is 0.477. The lowest BCUT2D eigenvalue weighted by Crippen LogP contribution is -2.22. The first kappa shape index (κ1) is 15.0. The lowest BCUT2D eigenvalue weighted by Gasteiger charge is -2.11. The molecule has 0 aromatic carbocycles. The molecule has 0 bridgehead atoms. The normalized spacial score (nSPS) is 15.8. The number of ether oxygens (including phenoxy) is 1. The second-order valence-electron chi connectivity index (χ2n) is 5.14. The maximum atomic E-state index is 12.2. The molecule has 110 valence electrons. The minimum atomic E-state index is -0.363. The molecule has 2 rings (SSSR count). The summed E-state index contributed by atoms with van der Waals surface area (Å²) in [5, 5.41) is 3.53. The van der Waals surface area contributed by atoms with Crippen LogP contribution in [0, 0.1) is 11.8 Å². The molecule has 1 amide bonds. The van der Waals surface area contributed by atoms with E-state index in [4.69, 9.17) is 4.74 Å². The van der Waals surface area contributed by atoms with Gasteiger partial charge in [-0.2, -0.15) is 0 Å². The van der Waals surface area contributed by atoms with Gasteiger partial charge in [0, 0.05) is 10.8 Å². The van der Waals surface area contributed by atoms with Crippen LogP contribution < -0.4 is 5.32 Å².